The molecule has 4 rings (SSSR count). The maximum absolute atomic E-state index is 12.7. The van der Waals surface area contributed by atoms with Gasteiger partial charge in [0.1, 0.15) is 5.75 Å². The second-order valence-corrected chi connectivity index (χ2v) is 7.85. The molecule has 1 heterocycles. The number of nitrogens with zero attached hydrogens (tertiary/aromatic N) is 1. The number of aryl methyl sites for hydroxylation is 1. The highest BCUT2D eigenvalue weighted by atomic mass is 19.4. The van der Waals surface area contributed by atoms with Gasteiger partial charge in [0, 0.05) is 12.6 Å². The molecule has 182 valence electrons. The van der Waals surface area contributed by atoms with E-state index >= 15 is 0 Å². The molecule has 1 aliphatic heterocycles. The number of anilines is 1. The molecule has 0 fully saturated rings. The van der Waals surface area contributed by atoms with Gasteiger partial charge in [-0.15, -0.1) is 0 Å². The van der Waals surface area contributed by atoms with E-state index in [1.165, 1.54) is 13.1 Å². The molecular weight excluding hydrogens is 463 g/mol. The predicted molar refractivity (Wildman–Crippen MR) is 123 cm³/mol. The lowest BCUT2D eigenvalue weighted by Crippen LogP contribution is -2.39. The van der Waals surface area contributed by atoms with Crippen molar-refractivity contribution < 1.29 is 32.3 Å². The van der Waals surface area contributed by atoms with Gasteiger partial charge in [-0.05, 0) is 72.5 Å². The topological polar surface area (TPSA) is 79.9 Å². The van der Waals surface area contributed by atoms with Crippen LogP contribution in [-0.4, -0.2) is 23.3 Å². The van der Waals surface area contributed by atoms with E-state index in [0.717, 1.165) is 53.3 Å². The summed E-state index contributed by atoms with van der Waals surface area (Å²) in [6, 6.07) is 9.07. The summed E-state index contributed by atoms with van der Waals surface area (Å²) in [6.45, 7) is 1.23. The summed E-state index contributed by atoms with van der Waals surface area (Å²) >= 11 is 0. The Labute approximate surface area is 199 Å². The zero-order chi connectivity index (χ0) is 25.0. The smallest absolute Gasteiger partial charge is 0.416 e. The first-order chi connectivity index (χ1) is 16.7. The summed E-state index contributed by atoms with van der Waals surface area (Å²) in [7, 11) is 0. The third kappa shape index (κ3) is 6.23. The van der Waals surface area contributed by atoms with E-state index in [1.54, 1.807) is 12.2 Å². The van der Waals surface area contributed by atoms with E-state index in [1.807, 2.05) is 18.2 Å². The molecule has 7 nitrogen and oxygen atoms in total. The molecule has 0 saturated carbocycles. The van der Waals surface area contributed by atoms with E-state index in [0.29, 0.717) is 5.75 Å². The number of allylic oxidation sites excluding steroid dienone is 2. The fourth-order valence-corrected chi connectivity index (χ4v) is 3.58. The number of urea groups is 1. The van der Waals surface area contributed by atoms with Crippen molar-refractivity contribution in [2.24, 2.45) is 0 Å². The van der Waals surface area contributed by atoms with Crippen molar-refractivity contribution in [1.82, 2.24) is 10.4 Å². The Kier molecular flexibility index (Phi) is 6.81. The van der Waals surface area contributed by atoms with Crippen LogP contribution >= 0.6 is 0 Å². The Morgan fingerprint density at radius 2 is 1.83 bits per heavy atom. The van der Waals surface area contributed by atoms with Gasteiger partial charge in [0.15, 0.2) is 0 Å². The number of amides is 2. The predicted octanol–water partition coefficient (Wildman–Crippen LogP) is 5.38. The quantitative estimate of drug-likeness (QED) is 0.594. The number of rotatable bonds is 5. The standard InChI is InChI=1S/C25H22F3N3O4/c1-16(32)35-31-15-21(30-24(33)29-20-9-7-19(8-10-20)25(26,27)28)11-13-23(31)34-22-12-6-17-4-2-3-5-18(17)14-22/h2,4,6-15,23H,3,5H2,1H3,(H2,29,30,33). The monoisotopic (exact) mass is 485 g/mol. The molecule has 2 amide bonds. The van der Waals surface area contributed by atoms with Crippen molar-refractivity contribution in [1.29, 1.82) is 0 Å². The zero-order valence-corrected chi connectivity index (χ0v) is 18.6. The largest absolute Gasteiger partial charge is 0.464 e. The molecular formula is C25H22F3N3O4. The third-order valence-electron chi connectivity index (χ3n) is 5.17. The number of carbonyl (C=O) groups is 2. The number of hydrogen-bond acceptors (Lipinski definition) is 5. The van der Waals surface area contributed by atoms with Crippen molar-refractivity contribution in [3.63, 3.8) is 0 Å². The van der Waals surface area contributed by atoms with Crippen LogP contribution in [0.25, 0.3) is 6.08 Å². The van der Waals surface area contributed by atoms with Gasteiger partial charge in [-0.1, -0.05) is 18.2 Å². The van der Waals surface area contributed by atoms with Crippen LogP contribution in [0.15, 0.2) is 72.6 Å². The molecule has 2 aliphatic rings. The highest BCUT2D eigenvalue weighted by Gasteiger charge is 2.30. The summed E-state index contributed by atoms with van der Waals surface area (Å²) in [4.78, 5) is 29.1. The second kappa shape index (κ2) is 9.96. The van der Waals surface area contributed by atoms with E-state index in [2.05, 4.69) is 22.8 Å². The summed E-state index contributed by atoms with van der Waals surface area (Å²) in [6.07, 6.45) is 5.32. The van der Waals surface area contributed by atoms with Crippen molar-refractivity contribution in [3.05, 3.63) is 89.3 Å². The fourth-order valence-electron chi connectivity index (χ4n) is 3.58. The molecule has 0 radical (unpaired) electrons. The molecule has 2 N–H and O–H groups in total. The lowest BCUT2D eigenvalue weighted by atomic mass is 9.97. The van der Waals surface area contributed by atoms with Crippen LogP contribution in [-0.2, 0) is 22.2 Å². The molecule has 1 atom stereocenters. The van der Waals surface area contributed by atoms with E-state index in [-0.39, 0.29) is 11.4 Å². The van der Waals surface area contributed by atoms with Gasteiger partial charge in [0.2, 0.25) is 6.23 Å². The number of fused-ring (bicyclic) bond motifs is 1. The van der Waals surface area contributed by atoms with Crippen molar-refractivity contribution in [2.45, 2.75) is 32.2 Å². The average molecular weight is 485 g/mol. The van der Waals surface area contributed by atoms with Gasteiger partial charge in [-0.2, -0.15) is 18.2 Å². The molecule has 1 aliphatic carbocycles. The summed E-state index contributed by atoms with van der Waals surface area (Å²) in [5.74, 6) is 0.00462. The second-order valence-electron chi connectivity index (χ2n) is 7.85. The maximum atomic E-state index is 12.7. The minimum absolute atomic E-state index is 0.177. The van der Waals surface area contributed by atoms with Crippen molar-refractivity contribution in [2.75, 3.05) is 5.32 Å². The lowest BCUT2D eigenvalue weighted by molar-refractivity contribution is -0.197. The van der Waals surface area contributed by atoms with Crippen LogP contribution in [0.2, 0.25) is 0 Å². The Balaban J connectivity index is 1.41. The number of hydrogen-bond donors (Lipinski definition) is 2. The Hall–Kier alpha value is -4.21. The van der Waals surface area contributed by atoms with Crippen LogP contribution < -0.4 is 15.4 Å². The van der Waals surface area contributed by atoms with E-state index in [9.17, 15) is 22.8 Å². The third-order valence-corrected chi connectivity index (χ3v) is 5.17. The molecule has 0 aromatic heterocycles. The summed E-state index contributed by atoms with van der Waals surface area (Å²) in [5, 5.41) is 6.16. The van der Waals surface area contributed by atoms with Crippen LogP contribution in [0.4, 0.5) is 23.7 Å². The van der Waals surface area contributed by atoms with Gasteiger partial charge in [-0.25, -0.2) is 4.79 Å². The van der Waals surface area contributed by atoms with Gasteiger partial charge in [-0.3, -0.25) is 4.79 Å². The molecule has 2 aromatic rings. The normalized spacial score (nSPS) is 16.7. The molecule has 2 aromatic carbocycles. The van der Waals surface area contributed by atoms with Crippen LogP contribution in [0.3, 0.4) is 0 Å². The molecule has 0 spiro atoms. The molecule has 0 saturated heterocycles. The van der Waals surface area contributed by atoms with E-state index < -0.39 is 30.0 Å². The lowest BCUT2D eigenvalue weighted by Gasteiger charge is -2.30. The summed E-state index contributed by atoms with van der Waals surface area (Å²) in [5.41, 5.74) is 1.91. The van der Waals surface area contributed by atoms with E-state index in [4.69, 9.17) is 9.57 Å². The number of halogens is 3. The minimum atomic E-state index is -4.46. The first-order valence-electron chi connectivity index (χ1n) is 10.8. The Morgan fingerprint density at radius 3 is 2.54 bits per heavy atom. The van der Waals surface area contributed by atoms with Crippen LogP contribution in [0, 0.1) is 0 Å². The van der Waals surface area contributed by atoms with Gasteiger partial charge >= 0.3 is 18.2 Å². The van der Waals surface area contributed by atoms with Crippen molar-refractivity contribution in [3.8, 4) is 5.75 Å². The number of carbonyl (C=O) groups excluding carboxylic acids is 2. The van der Waals surface area contributed by atoms with Crippen molar-refractivity contribution >= 4 is 23.8 Å². The summed E-state index contributed by atoms with van der Waals surface area (Å²) < 4.78 is 44.1. The first-order valence-corrected chi connectivity index (χ1v) is 10.8. The number of ether oxygens (including phenoxy) is 1. The SMILES string of the molecule is CC(=O)ON1C=C(NC(=O)Nc2ccc(C(F)(F)F)cc2)C=CC1Oc1ccc2c(c1)CCC=C2. The van der Waals surface area contributed by atoms with Crippen LogP contribution in [0.1, 0.15) is 30.0 Å². The number of benzene rings is 2. The van der Waals surface area contributed by atoms with Gasteiger partial charge in [0.05, 0.1) is 17.5 Å². The maximum Gasteiger partial charge on any atom is 0.416 e. The highest BCUT2D eigenvalue weighted by molar-refractivity contribution is 5.90. The number of nitrogens with one attached hydrogen (secondary N) is 2. The first kappa shape index (κ1) is 23.9. The molecule has 1 unspecified atom stereocenters. The average Bonchev–Trinajstić information content (AvgIpc) is 2.80. The Morgan fingerprint density at radius 1 is 1.06 bits per heavy atom. The zero-order valence-electron chi connectivity index (χ0n) is 18.6. The molecule has 35 heavy (non-hydrogen) atoms. The minimum Gasteiger partial charge on any atom is -0.464 e. The Bertz CT molecular complexity index is 1200. The highest BCUT2D eigenvalue weighted by Crippen LogP contribution is 2.30. The molecule has 10 heteroatoms. The fraction of sp³-hybridized carbons (Fsp3) is 0.200. The van der Waals surface area contributed by atoms with Crippen LogP contribution in [0.5, 0.6) is 5.75 Å². The molecule has 0 bridgehead atoms. The number of alkyl halides is 3. The van der Waals surface area contributed by atoms with Gasteiger partial charge < -0.3 is 20.2 Å². The van der Waals surface area contributed by atoms with Gasteiger partial charge in [0.25, 0.3) is 0 Å². The number of hydroxylamine groups is 2.